The van der Waals surface area contributed by atoms with Crippen molar-refractivity contribution in [2.75, 3.05) is 13.7 Å². The third-order valence-electron chi connectivity index (χ3n) is 1.68. The second kappa shape index (κ2) is 5.47. The maximum Gasteiger partial charge on any atom is 0.255 e. The van der Waals surface area contributed by atoms with Gasteiger partial charge in [-0.1, -0.05) is 5.11 Å². The van der Waals surface area contributed by atoms with E-state index in [2.05, 4.69) is 10.0 Å². The fourth-order valence-electron chi connectivity index (χ4n) is 1.04. The minimum atomic E-state index is -0.582. The average molecular weight is 222 g/mol. The molecule has 1 aromatic rings. The first-order valence-corrected chi connectivity index (χ1v) is 4.31. The molecule has 0 saturated carbocycles. The summed E-state index contributed by atoms with van der Waals surface area (Å²) < 4.78 is 10.1. The molecule has 1 rings (SSSR count). The van der Waals surface area contributed by atoms with Crippen LogP contribution in [0.2, 0.25) is 0 Å². The molecule has 0 heterocycles. The smallest absolute Gasteiger partial charge is 0.255 e. The van der Waals surface area contributed by atoms with Crippen molar-refractivity contribution in [2.45, 2.75) is 0 Å². The van der Waals surface area contributed by atoms with Gasteiger partial charge in [0.15, 0.2) is 18.1 Å². The highest BCUT2D eigenvalue weighted by molar-refractivity contribution is 5.75. The van der Waals surface area contributed by atoms with Gasteiger partial charge in [0, 0.05) is 10.6 Å². The number of ether oxygens (including phenoxy) is 2. The van der Waals surface area contributed by atoms with Gasteiger partial charge in [-0.15, -0.1) is 0 Å². The fraction of sp³-hybridized carbons (Fsp3) is 0.222. The molecule has 0 aliphatic carbocycles. The zero-order valence-electron chi connectivity index (χ0n) is 8.58. The second-order valence-corrected chi connectivity index (χ2v) is 2.78. The Kier molecular flexibility index (Phi) is 3.99. The molecular weight excluding hydrogens is 212 g/mol. The molecule has 0 atom stereocenters. The van der Waals surface area contributed by atoms with Crippen molar-refractivity contribution >= 4 is 11.6 Å². The molecule has 7 nitrogen and oxygen atoms in total. The van der Waals surface area contributed by atoms with E-state index in [0.717, 1.165) is 0 Å². The molecule has 1 aromatic carbocycles. The largest absolute Gasteiger partial charge is 0.493 e. The van der Waals surface area contributed by atoms with E-state index in [1.165, 1.54) is 19.2 Å². The zero-order valence-corrected chi connectivity index (χ0v) is 8.58. The van der Waals surface area contributed by atoms with E-state index >= 15 is 0 Å². The summed E-state index contributed by atoms with van der Waals surface area (Å²) in [5.41, 5.74) is 13.6. The topological polar surface area (TPSA) is 110 Å². The Hall–Kier alpha value is -2.40. The quantitative estimate of drug-likeness (QED) is 0.462. The van der Waals surface area contributed by atoms with Gasteiger partial charge in [0.05, 0.1) is 7.11 Å². The van der Waals surface area contributed by atoms with Crippen LogP contribution in [0, 0.1) is 0 Å². The van der Waals surface area contributed by atoms with Crippen molar-refractivity contribution in [3.8, 4) is 11.5 Å². The van der Waals surface area contributed by atoms with Crippen LogP contribution in [-0.4, -0.2) is 19.6 Å². The van der Waals surface area contributed by atoms with Crippen molar-refractivity contribution in [3.05, 3.63) is 28.6 Å². The van der Waals surface area contributed by atoms with Crippen LogP contribution in [0.25, 0.3) is 10.4 Å². The van der Waals surface area contributed by atoms with Gasteiger partial charge < -0.3 is 15.2 Å². The number of benzene rings is 1. The highest BCUT2D eigenvalue weighted by Crippen LogP contribution is 2.31. The maximum atomic E-state index is 10.5. The number of methoxy groups -OCH3 is 1. The highest BCUT2D eigenvalue weighted by Gasteiger charge is 2.06. The van der Waals surface area contributed by atoms with Crippen LogP contribution in [0.1, 0.15) is 0 Å². The van der Waals surface area contributed by atoms with Gasteiger partial charge in [0.1, 0.15) is 0 Å². The number of carbonyl (C=O) groups excluding carboxylic acids is 1. The summed E-state index contributed by atoms with van der Waals surface area (Å²) in [7, 11) is 1.44. The van der Waals surface area contributed by atoms with E-state index in [1.54, 1.807) is 6.07 Å². The lowest BCUT2D eigenvalue weighted by Crippen LogP contribution is -2.20. The molecule has 2 N–H and O–H groups in total. The Labute approximate surface area is 91.4 Å². The predicted octanol–water partition coefficient (Wildman–Crippen LogP) is 1.50. The van der Waals surface area contributed by atoms with Crippen molar-refractivity contribution < 1.29 is 14.3 Å². The number of nitrogens with two attached hydrogens (primary N) is 1. The molecule has 0 aliphatic heterocycles. The Morgan fingerprint density at radius 2 is 2.31 bits per heavy atom. The molecule has 0 unspecified atom stereocenters. The third-order valence-corrected chi connectivity index (χ3v) is 1.68. The number of hydrogen-bond donors (Lipinski definition) is 1. The van der Waals surface area contributed by atoms with Crippen LogP contribution >= 0.6 is 0 Å². The number of primary amides is 1. The second-order valence-electron chi connectivity index (χ2n) is 2.78. The van der Waals surface area contributed by atoms with Crippen LogP contribution in [0.15, 0.2) is 23.3 Å². The molecule has 0 bridgehead atoms. The minimum absolute atomic E-state index is 0.239. The molecule has 16 heavy (non-hydrogen) atoms. The van der Waals surface area contributed by atoms with E-state index in [-0.39, 0.29) is 6.61 Å². The molecule has 0 aliphatic rings. The van der Waals surface area contributed by atoms with Crippen LogP contribution < -0.4 is 15.2 Å². The van der Waals surface area contributed by atoms with Gasteiger partial charge in [0.2, 0.25) is 0 Å². The summed E-state index contributed by atoms with van der Waals surface area (Å²) in [5, 5.41) is 3.40. The molecule has 0 aromatic heterocycles. The van der Waals surface area contributed by atoms with Gasteiger partial charge >= 0.3 is 0 Å². The monoisotopic (exact) mass is 222 g/mol. The number of carbonyl (C=O) groups is 1. The summed E-state index contributed by atoms with van der Waals surface area (Å²) in [5.74, 6) is 0.144. The maximum absolute atomic E-state index is 10.5. The summed E-state index contributed by atoms with van der Waals surface area (Å²) in [6.07, 6.45) is 0. The first-order chi connectivity index (χ1) is 7.67. The highest BCUT2D eigenvalue weighted by atomic mass is 16.5. The first-order valence-electron chi connectivity index (χ1n) is 4.31. The Balaban J connectivity index is 2.92. The van der Waals surface area contributed by atoms with Gasteiger partial charge in [-0.3, -0.25) is 4.79 Å². The lowest BCUT2D eigenvalue weighted by molar-refractivity contribution is -0.119. The molecule has 0 spiro atoms. The number of hydrogen-bond acceptors (Lipinski definition) is 4. The van der Waals surface area contributed by atoms with E-state index in [9.17, 15) is 4.79 Å². The summed E-state index contributed by atoms with van der Waals surface area (Å²) in [6.45, 7) is -0.239. The lowest BCUT2D eigenvalue weighted by atomic mass is 10.3. The Morgan fingerprint density at radius 1 is 1.56 bits per heavy atom. The van der Waals surface area contributed by atoms with Gasteiger partial charge in [0.25, 0.3) is 5.91 Å². The van der Waals surface area contributed by atoms with Crippen LogP contribution in [0.5, 0.6) is 11.5 Å². The number of azide groups is 1. The molecule has 0 radical (unpaired) electrons. The third kappa shape index (κ3) is 3.07. The zero-order chi connectivity index (χ0) is 12.0. The molecule has 84 valence electrons. The molecule has 1 amide bonds. The minimum Gasteiger partial charge on any atom is -0.493 e. The van der Waals surface area contributed by atoms with Crippen LogP contribution in [0.4, 0.5) is 5.69 Å². The molecule has 7 heteroatoms. The number of amides is 1. The van der Waals surface area contributed by atoms with E-state index in [4.69, 9.17) is 20.7 Å². The summed E-state index contributed by atoms with van der Waals surface area (Å²) in [4.78, 5) is 13.2. The average Bonchev–Trinajstić information content (AvgIpc) is 2.27. The van der Waals surface area contributed by atoms with Crippen LogP contribution in [0.3, 0.4) is 0 Å². The summed E-state index contributed by atoms with van der Waals surface area (Å²) >= 11 is 0. The number of nitrogens with zero attached hydrogens (tertiary/aromatic N) is 3. The standard InChI is InChI=1S/C9H10N4O3/c1-15-8-4-6(12-13-11)2-3-7(8)16-5-9(10)14/h2-4H,5H2,1H3,(H2,10,14). The SMILES string of the molecule is COc1cc(N=[N+]=[N-])ccc1OCC(N)=O. The van der Waals surface area contributed by atoms with Crippen LogP contribution in [-0.2, 0) is 4.79 Å². The predicted molar refractivity (Wildman–Crippen MR) is 56.5 cm³/mol. The fourth-order valence-corrected chi connectivity index (χ4v) is 1.04. The van der Waals surface area contributed by atoms with Crippen molar-refractivity contribution in [2.24, 2.45) is 10.8 Å². The summed E-state index contributed by atoms with van der Waals surface area (Å²) in [6, 6.07) is 4.57. The van der Waals surface area contributed by atoms with Crippen molar-refractivity contribution in [1.82, 2.24) is 0 Å². The Morgan fingerprint density at radius 3 is 2.88 bits per heavy atom. The van der Waals surface area contributed by atoms with Crippen molar-refractivity contribution in [1.29, 1.82) is 0 Å². The van der Waals surface area contributed by atoms with E-state index < -0.39 is 5.91 Å². The van der Waals surface area contributed by atoms with Gasteiger partial charge in [-0.2, -0.15) is 0 Å². The molecular formula is C9H10N4O3. The van der Waals surface area contributed by atoms with Gasteiger partial charge in [-0.25, -0.2) is 0 Å². The van der Waals surface area contributed by atoms with Crippen molar-refractivity contribution in [3.63, 3.8) is 0 Å². The first kappa shape index (κ1) is 11.7. The lowest BCUT2D eigenvalue weighted by Gasteiger charge is -2.09. The van der Waals surface area contributed by atoms with E-state index in [1.807, 2.05) is 0 Å². The van der Waals surface area contributed by atoms with E-state index in [0.29, 0.717) is 17.2 Å². The normalized spacial score (nSPS) is 9.06. The Bertz CT molecular complexity index is 440. The number of rotatable bonds is 5. The molecule has 0 fully saturated rings. The van der Waals surface area contributed by atoms with Gasteiger partial charge in [-0.05, 0) is 23.7 Å². The molecule has 0 saturated heterocycles.